The minimum absolute atomic E-state index is 0.243. The van der Waals surface area contributed by atoms with Crippen molar-refractivity contribution in [2.24, 2.45) is 0 Å². The summed E-state index contributed by atoms with van der Waals surface area (Å²) >= 11 is 0. The molecule has 4 heteroatoms. The van der Waals surface area contributed by atoms with Crippen LogP contribution in [0.3, 0.4) is 0 Å². The first-order valence-corrected chi connectivity index (χ1v) is 9.68. The van der Waals surface area contributed by atoms with Crippen LogP contribution in [0, 0.1) is 0 Å². The van der Waals surface area contributed by atoms with Gasteiger partial charge in [-0.05, 0) is 53.8 Å². The number of piperazine rings is 1. The van der Waals surface area contributed by atoms with Crippen LogP contribution in [0.2, 0.25) is 0 Å². The van der Waals surface area contributed by atoms with Crippen LogP contribution < -0.4 is 9.64 Å². The molecule has 27 heavy (non-hydrogen) atoms. The predicted octanol–water partition coefficient (Wildman–Crippen LogP) is 3.76. The van der Waals surface area contributed by atoms with Crippen LogP contribution in [0.4, 0.5) is 5.69 Å². The number of allylic oxidation sites excluding steroid dienone is 1. The van der Waals surface area contributed by atoms with Crippen LogP contribution in [0.25, 0.3) is 5.57 Å². The quantitative estimate of drug-likeness (QED) is 0.830. The predicted molar refractivity (Wildman–Crippen MR) is 109 cm³/mol. The lowest BCUT2D eigenvalue weighted by atomic mass is 9.89. The zero-order valence-electron chi connectivity index (χ0n) is 15.9. The lowest BCUT2D eigenvalue weighted by Crippen LogP contribution is -2.48. The fraction of sp³-hybridized carbons (Fsp3) is 0.348. The Morgan fingerprint density at radius 2 is 1.74 bits per heavy atom. The molecule has 1 aliphatic heterocycles. The lowest BCUT2D eigenvalue weighted by molar-refractivity contribution is -0.130. The molecule has 0 radical (unpaired) electrons. The minimum Gasteiger partial charge on any atom is -0.497 e. The van der Waals surface area contributed by atoms with Gasteiger partial charge in [0, 0.05) is 31.9 Å². The van der Waals surface area contributed by atoms with E-state index in [9.17, 15) is 4.79 Å². The summed E-state index contributed by atoms with van der Waals surface area (Å²) in [5, 5.41) is 0. The molecule has 1 amide bonds. The molecule has 2 aromatic carbocycles. The number of aryl methyl sites for hydroxylation is 1. The molecule has 0 aromatic heterocycles. The van der Waals surface area contributed by atoms with Crippen LogP contribution >= 0.6 is 0 Å². The van der Waals surface area contributed by atoms with Gasteiger partial charge in [-0.3, -0.25) is 4.79 Å². The zero-order valence-corrected chi connectivity index (χ0v) is 15.9. The third kappa shape index (κ3) is 3.85. The summed E-state index contributed by atoms with van der Waals surface area (Å²) in [7, 11) is 1.68. The molecule has 1 fully saturated rings. The van der Waals surface area contributed by atoms with Crippen molar-refractivity contribution in [2.75, 3.05) is 38.2 Å². The molecule has 4 rings (SSSR count). The van der Waals surface area contributed by atoms with Crippen LogP contribution in [0.1, 0.15) is 24.0 Å². The van der Waals surface area contributed by atoms with E-state index in [4.69, 9.17) is 4.74 Å². The third-order valence-electron chi connectivity index (χ3n) is 5.58. The molecule has 140 valence electrons. The van der Waals surface area contributed by atoms with E-state index in [-0.39, 0.29) is 5.91 Å². The van der Waals surface area contributed by atoms with Gasteiger partial charge >= 0.3 is 0 Å². The van der Waals surface area contributed by atoms with Crippen LogP contribution in [0.15, 0.2) is 54.6 Å². The summed E-state index contributed by atoms with van der Waals surface area (Å²) < 4.78 is 5.23. The number of amides is 1. The molecule has 0 saturated carbocycles. The lowest BCUT2D eigenvalue weighted by Gasteiger charge is -2.36. The van der Waals surface area contributed by atoms with E-state index in [1.165, 1.54) is 22.4 Å². The number of ether oxygens (including phenoxy) is 1. The van der Waals surface area contributed by atoms with Gasteiger partial charge in [0.25, 0.3) is 0 Å². The van der Waals surface area contributed by atoms with Gasteiger partial charge < -0.3 is 14.5 Å². The average molecular weight is 362 g/mol. The fourth-order valence-electron chi connectivity index (χ4n) is 4.01. The number of benzene rings is 2. The maximum Gasteiger partial charge on any atom is 0.227 e. The van der Waals surface area contributed by atoms with E-state index in [2.05, 4.69) is 47.4 Å². The van der Waals surface area contributed by atoms with E-state index < -0.39 is 0 Å². The number of hydrogen-bond donors (Lipinski definition) is 0. The number of carbonyl (C=O) groups excluding carboxylic acids is 1. The molecule has 0 unspecified atom stereocenters. The molecule has 1 aliphatic carbocycles. The number of methoxy groups -OCH3 is 1. The number of nitrogens with zero attached hydrogens (tertiary/aromatic N) is 2. The summed E-state index contributed by atoms with van der Waals surface area (Å²) in [5.41, 5.74) is 5.01. The summed E-state index contributed by atoms with van der Waals surface area (Å²) in [6.45, 7) is 3.29. The van der Waals surface area contributed by atoms with Gasteiger partial charge in [-0.25, -0.2) is 0 Å². The van der Waals surface area contributed by atoms with Gasteiger partial charge in [-0.15, -0.1) is 0 Å². The molecular formula is C23H26N2O2. The first-order chi connectivity index (χ1) is 13.2. The van der Waals surface area contributed by atoms with Crippen LogP contribution in [0.5, 0.6) is 5.75 Å². The van der Waals surface area contributed by atoms with Gasteiger partial charge in [-0.1, -0.05) is 30.3 Å². The second-order valence-corrected chi connectivity index (χ2v) is 7.17. The Morgan fingerprint density at radius 1 is 1.00 bits per heavy atom. The highest BCUT2D eigenvalue weighted by molar-refractivity contribution is 5.90. The third-order valence-corrected chi connectivity index (χ3v) is 5.58. The highest BCUT2D eigenvalue weighted by Crippen LogP contribution is 2.29. The molecule has 0 N–H and O–H groups in total. The monoisotopic (exact) mass is 362 g/mol. The standard InChI is InChI=1S/C23H26N2O2/c1-27-21-11-9-20(10-12-21)24-13-15-25(16-14-24)23(26)17-19-7-4-6-18-5-2-3-8-22(18)19/h2-3,5,7-12H,4,6,13-17H2,1H3. The van der Waals surface area contributed by atoms with E-state index in [1.807, 2.05) is 17.0 Å². The van der Waals surface area contributed by atoms with E-state index in [0.717, 1.165) is 44.8 Å². The number of carbonyl (C=O) groups is 1. The van der Waals surface area contributed by atoms with Crippen LogP contribution in [-0.4, -0.2) is 44.1 Å². The highest BCUT2D eigenvalue weighted by atomic mass is 16.5. The van der Waals surface area contributed by atoms with Crippen molar-refractivity contribution in [3.63, 3.8) is 0 Å². The average Bonchev–Trinajstić information content (AvgIpc) is 2.74. The maximum absolute atomic E-state index is 12.9. The Morgan fingerprint density at radius 3 is 2.48 bits per heavy atom. The maximum atomic E-state index is 12.9. The topological polar surface area (TPSA) is 32.8 Å². The summed E-state index contributed by atoms with van der Waals surface area (Å²) in [4.78, 5) is 17.2. The van der Waals surface area contributed by atoms with E-state index in [0.29, 0.717) is 6.42 Å². The smallest absolute Gasteiger partial charge is 0.227 e. The second-order valence-electron chi connectivity index (χ2n) is 7.17. The van der Waals surface area contributed by atoms with Crippen molar-refractivity contribution in [2.45, 2.75) is 19.3 Å². The van der Waals surface area contributed by atoms with Gasteiger partial charge in [0.15, 0.2) is 0 Å². The number of anilines is 1. The molecule has 0 atom stereocenters. The van der Waals surface area contributed by atoms with Crippen LogP contribution in [-0.2, 0) is 11.2 Å². The van der Waals surface area contributed by atoms with Gasteiger partial charge in [-0.2, -0.15) is 0 Å². The molecule has 2 aliphatic rings. The SMILES string of the molecule is COc1ccc(N2CCN(C(=O)CC3=CCCc4ccccc43)CC2)cc1. The molecule has 0 bridgehead atoms. The van der Waals surface area contributed by atoms with E-state index >= 15 is 0 Å². The Balaban J connectivity index is 1.35. The number of hydrogen-bond acceptors (Lipinski definition) is 3. The normalized spacial score (nSPS) is 16.6. The van der Waals surface area contributed by atoms with Crippen molar-refractivity contribution >= 4 is 17.2 Å². The summed E-state index contributed by atoms with van der Waals surface area (Å²) in [5.74, 6) is 1.11. The van der Waals surface area contributed by atoms with Gasteiger partial charge in [0.2, 0.25) is 5.91 Å². The Labute approximate surface area is 161 Å². The molecule has 1 saturated heterocycles. The van der Waals surface area contributed by atoms with Crippen molar-refractivity contribution in [3.05, 3.63) is 65.7 Å². The molecule has 1 heterocycles. The fourth-order valence-corrected chi connectivity index (χ4v) is 4.01. The largest absolute Gasteiger partial charge is 0.497 e. The van der Waals surface area contributed by atoms with Crippen molar-refractivity contribution in [3.8, 4) is 5.75 Å². The first-order valence-electron chi connectivity index (χ1n) is 9.68. The molecule has 4 nitrogen and oxygen atoms in total. The molecule has 2 aromatic rings. The minimum atomic E-state index is 0.243. The number of fused-ring (bicyclic) bond motifs is 1. The first kappa shape index (κ1) is 17.7. The van der Waals surface area contributed by atoms with Crippen molar-refractivity contribution in [1.29, 1.82) is 0 Å². The van der Waals surface area contributed by atoms with Crippen molar-refractivity contribution in [1.82, 2.24) is 4.90 Å². The summed E-state index contributed by atoms with van der Waals surface area (Å²) in [6, 6.07) is 16.6. The molecular weight excluding hydrogens is 336 g/mol. The second kappa shape index (κ2) is 7.87. The Kier molecular flexibility index (Phi) is 5.14. The highest BCUT2D eigenvalue weighted by Gasteiger charge is 2.23. The zero-order chi connectivity index (χ0) is 18.6. The number of rotatable bonds is 4. The molecule has 0 spiro atoms. The summed E-state index contributed by atoms with van der Waals surface area (Å²) in [6.07, 6.45) is 4.87. The van der Waals surface area contributed by atoms with E-state index in [1.54, 1.807) is 7.11 Å². The Hall–Kier alpha value is -2.75. The van der Waals surface area contributed by atoms with Gasteiger partial charge in [0.05, 0.1) is 13.5 Å². The Bertz CT molecular complexity index is 834. The van der Waals surface area contributed by atoms with Crippen molar-refractivity contribution < 1.29 is 9.53 Å². The van der Waals surface area contributed by atoms with Gasteiger partial charge in [0.1, 0.15) is 5.75 Å².